The number of amides is 1. The van der Waals surface area contributed by atoms with E-state index >= 15 is 0 Å². The number of hydrogen-bond acceptors (Lipinski definition) is 6. The van der Waals surface area contributed by atoms with Gasteiger partial charge in [0.15, 0.2) is 5.65 Å². The van der Waals surface area contributed by atoms with Crippen LogP contribution in [0.5, 0.6) is 11.8 Å². The molecule has 1 aliphatic heterocycles. The highest BCUT2D eigenvalue weighted by Gasteiger charge is 2.24. The number of hydrogen-bond donors (Lipinski definition) is 0. The summed E-state index contributed by atoms with van der Waals surface area (Å²) in [5.74, 6) is 0.650. The molecule has 9 nitrogen and oxygen atoms in total. The predicted molar refractivity (Wildman–Crippen MR) is 112 cm³/mol. The van der Waals surface area contributed by atoms with Gasteiger partial charge >= 0.3 is 6.01 Å². The largest absolute Gasteiger partial charge is 0.425 e. The van der Waals surface area contributed by atoms with Gasteiger partial charge in [0.25, 0.3) is 5.56 Å². The van der Waals surface area contributed by atoms with Gasteiger partial charge in [0.1, 0.15) is 11.1 Å². The van der Waals surface area contributed by atoms with Crippen LogP contribution in [0.15, 0.2) is 29.2 Å². The number of nitrogens with zero attached hydrogens (tertiary/aromatic N) is 5. The number of ether oxygens (including phenoxy) is 2. The summed E-state index contributed by atoms with van der Waals surface area (Å²) in [4.78, 5) is 31.3. The Balaban J connectivity index is 1.69. The van der Waals surface area contributed by atoms with Gasteiger partial charge in [-0.3, -0.25) is 14.2 Å². The van der Waals surface area contributed by atoms with Crippen LogP contribution in [0, 0.1) is 0 Å². The quantitative estimate of drug-likeness (QED) is 0.619. The van der Waals surface area contributed by atoms with E-state index in [1.165, 1.54) is 4.57 Å². The van der Waals surface area contributed by atoms with E-state index in [2.05, 4.69) is 10.1 Å². The zero-order valence-corrected chi connectivity index (χ0v) is 17.6. The highest BCUT2D eigenvalue weighted by Crippen LogP contribution is 2.32. The van der Waals surface area contributed by atoms with E-state index in [1.54, 1.807) is 36.0 Å². The van der Waals surface area contributed by atoms with Crippen LogP contribution in [0.3, 0.4) is 0 Å². The lowest BCUT2D eigenvalue weighted by Gasteiger charge is -2.29. The minimum Gasteiger partial charge on any atom is -0.425 e. The SMILES string of the molecule is COCCN1C(=O)CCc2cc(Oc3nc4c(cnn4C(C)C)c(=O)n3C)ccc21. The Morgan fingerprint density at radius 2 is 2.00 bits per heavy atom. The standard InChI is InChI=1S/C21H25N5O4/c1-13(2)26-19-16(12-22-26)20(28)24(3)21(23-19)30-15-6-7-17-14(11-15)5-8-18(27)25(17)9-10-29-4/h6-7,11-13H,5,8-10H2,1-4H3. The molecule has 0 bridgehead atoms. The third kappa shape index (κ3) is 3.45. The van der Waals surface area contributed by atoms with Gasteiger partial charge in [-0.2, -0.15) is 10.1 Å². The fourth-order valence-electron chi connectivity index (χ4n) is 3.65. The Bertz CT molecular complexity index is 1160. The number of aromatic nitrogens is 4. The van der Waals surface area contributed by atoms with Gasteiger partial charge in [-0.15, -0.1) is 0 Å². The van der Waals surface area contributed by atoms with Crippen molar-refractivity contribution in [2.24, 2.45) is 7.05 Å². The van der Waals surface area contributed by atoms with Crippen LogP contribution in [0.1, 0.15) is 31.9 Å². The summed E-state index contributed by atoms with van der Waals surface area (Å²) < 4.78 is 14.2. The maximum absolute atomic E-state index is 12.7. The predicted octanol–water partition coefficient (Wildman–Crippen LogP) is 2.43. The first kappa shape index (κ1) is 20.1. The molecular formula is C21H25N5O4. The van der Waals surface area contributed by atoms with Crippen molar-refractivity contribution in [3.8, 4) is 11.8 Å². The molecule has 9 heteroatoms. The number of aryl methyl sites for hydroxylation is 1. The second kappa shape index (κ2) is 7.91. The first-order valence-electron chi connectivity index (χ1n) is 9.95. The fourth-order valence-corrected chi connectivity index (χ4v) is 3.65. The van der Waals surface area contributed by atoms with Crippen LogP contribution in [0.4, 0.5) is 5.69 Å². The molecule has 3 aromatic rings. The molecule has 0 aliphatic carbocycles. The second-order valence-electron chi connectivity index (χ2n) is 7.61. The van der Waals surface area contributed by atoms with E-state index in [1.807, 2.05) is 26.0 Å². The van der Waals surface area contributed by atoms with Crippen molar-refractivity contribution in [1.82, 2.24) is 19.3 Å². The van der Waals surface area contributed by atoms with Crippen molar-refractivity contribution in [2.75, 3.05) is 25.2 Å². The van der Waals surface area contributed by atoms with Crippen LogP contribution in [0.2, 0.25) is 0 Å². The van der Waals surface area contributed by atoms with E-state index in [0.29, 0.717) is 42.8 Å². The van der Waals surface area contributed by atoms with Gasteiger partial charge in [-0.25, -0.2) is 4.68 Å². The average molecular weight is 411 g/mol. The van der Waals surface area contributed by atoms with Crippen LogP contribution >= 0.6 is 0 Å². The molecule has 1 amide bonds. The van der Waals surface area contributed by atoms with Gasteiger partial charge in [0.05, 0.1) is 12.8 Å². The van der Waals surface area contributed by atoms with Crippen molar-refractivity contribution in [2.45, 2.75) is 32.7 Å². The summed E-state index contributed by atoms with van der Waals surface area (Å²) >= 11 is 0. The molecular weight excluding hydrogens is 386 g/mol. The molecule has 0 saturated heterocycles. The van der Waals surface area contributed by atoms with E-state index in [-0.39, 0.29) is 23.5 Å². The molecule has 1 aromatic carbocycles. The van der Waals surface area contributed by atoms with Crippen LogP contribution < -0.4 is 15.2 Å². The zero-order chi connectivity index (χ0) is 21.4. The van der Waals surface area contributed by atoms with Crippen molar-refractivity contribution in [3.05, 3.63) is 40.3 Å². The molecule has 0 spiro atoms. The zero-order valence-electron chi connectivity index (χ0n) is 17.6. The number of anilines is 1. The number of methoxy groups -OCH3 is 1. The van der Waals surface area contributed by atoms with Gasteiger partial charge in [-0.05, 0) is 44.0 Å². The van der Waals surface area contributed by atoms with Crippen molar-refractivity contribution in [3.63, 3.8) is 0 Å². The van der Waals surface area contributed by atoms with Crippen molar-refractivity contribution >= 4 is 22.6 Å². The lowest BCUT2D eigenvalue weighted by atomic mass is 10.0. The Kier molecular flexibility index (Phi) is 5.29. The van der Waals surface area contributed by atoms with Gasteiger partial charge in [-0.1, -0.05) is 0 Å². The molecule has 0 fully saturated rings. The number of carbonyl (C=O) groups is 1. The molecule has 158 valence electrons. The topological polar surface area (TPSA) is 91.5 Å². The molecule has 2 aromatic heterocycles. The number of rotatable bonds is 6. The lowest BCUT2D eigenvalue weighted by Crippen LogP contribution is -2.37. The Morgan fingerprint density at radius 3 is 2.73 bits per heavy atom. The van der Waals surface area contributed by atoms with E-state index in [4.69, 9.17) is 9.47 Å². The second-order valence-corrected chi connectivity index (χ2v) is 7.61. The lowest BCUT2D eigenvalue weighted by molar-refractivity contribution is -0.119. The maximum atomic E-state index is 12.7. The normalized spacial score (nSPS) is 13.9. The molecule has 30 heavy (non-hydrogen) atoms. The smallest absolute Gasteiger partial charge is 0.306 e. The first-order chi connectivity index (χ1) is 14.4. The minimum atomic E-state index is -0.212. The number of benzene rings is 1. The highest BCUT2D eigenvalue weighted by atomic mass is 16.5. The third-order valence-electron chi connectivity index (χ3n) is 5.26. The molecule has 4 rings (SSSR count). The summed E-state index contributed by atoms with van der Waals surface area (Å²) in [5.41, 5.74) is 2.17. The molecule has 0 unspecified atom stereocenters. The molecule has 1 aliphatic rings. The summed E-state index contributed by atoms with van der Waals surface area (Å²) in [6.07, 6.45) is 2.62. The average Bonchev–Trinajstić information content (AvgIpc) is 3.15. The fraction of sp³-hybridized carbons (Fsp3) is 0.429. The Labute approximate surface area is 173 Å². The maximum Gasteiger partial charge on any atom is 0.306 e. The number of carbonyl (C=O) groups excluding carboxylic acids is 1. The summed E-state index contributed by atoms with van der Waals surface area (Å²) in [7, 11) is 3.24. The van der Waals surface area contributed by atoms with Crippen molar-refractivity contribution < 1.29 is 14.3 Å². The Morgan fingerprint density at radius 1 is 1.20 bits per heavy atom. The third-order valence-corrected chi connectivity index (χ3v) is 5.26. The molecule has 3 heterocycles. The molecule has 0 atom stereocenters. The van der Waals surface area contributed by atoms with Gasteiger partial charge in [0, 0.05) is 38.9 Å². The number of fused-ring (bicyclic) bond motifs is 2. The van der Waals surface area contributed by atoms with Gasteiger partial charge < -0.3 is 14.4 Å². The monoisotopic (exact) mass is 411 g/mol. The van der Waals surface area contributed by atoms with Crippen LogP contribution in [-0.4, -0.2) is 45.5 Å². The van der Waals surface area contributed by atoms with E-state index < -0.39 is 0 Å². The van der Waals surface area contributed by atoms with Crippen LogP contribution in [0.25, 0.3) is 11.0 Å². The summed E-state index contributed by atoms with van der Waals surface area (Å²) in [6.45, 7) is 4.94. The first-order valence-corrected chi connectivity index (χ1v) is 9.95. The van der Waals surface area contributed by atoms with Crippen molar-refractivity contribution in [1.29, 1.82) is 0 Å². The van der Waals surface area contributed by atoms with Crippen LogP contribution in [-0.2, 0) is 23.0 Å². The minimum absolute atomic E-state index is 0.0642. The summed E-state index contributed by atoms with van der Waals surface area (Å²) in [6, 6.07) is 5.81. The Hall–Kier alpha value is -3.20. The molecule has 0 N–H and O–H groups in total. The highest BCUT2D eigenvalue weighted by molar-refractivity contribution is 5.96. The van der Waals surface area contributed by atoms with Gasteiger partial charge in [0.2, 0.25) is 5.91 Å². The van der Waals surface area contributed by atoms with E-state index in [9.17, 15) is 9.59 Å². The van der Waals surface area contributed by atoms with E-state index in [0.717, 1.165) is 11.3 Å². The molecule has 0 saturated carbocycles. The molecule has 0 radical (unpaired) electrons. The summed E-state index contributed by atoms with van der Waals surface area (Å²) in [5, 5.41) is 4.73.